The highest BCUT2D eigenvalue weighted by Crippen LogP contribution is 2.24. The molecular weight excluding hydrogens is 318 g/mol. The van der Waals surface area contributed by atoms with Crippen LogP contribution in [-0.4, -0.2) is 27.4 Å². The smallest absolute Gasteiger partial charge is 0.335 e. The number of benzene rings is 1. The fourth-order valence-corrected chi connectivity index (χ4v) is 3.57. The van der Waals surface area contributed by atoms with Crippen molar-refractivity contribution in [2.45, 2.75) is 32.2 Å². The second-order valence-corrected chi connectivity index (χ2v) is 6.55. The third kappa shape index (κ3) is 3.05. The van der Waals surface area contributed by atoms with Crippen molar-refractivity contribution in [2.24, 2.45) is 7.05 Å². The van der Waals surface area contributed by atoms with Gasteiger partial charge in [0.25, 0.3) is 0 Å². The first-order chi connectivity index (χ1) is 12.1. The SMILES string of the molecule is Cn1nc2c(c1CNCCc1cc3ccc(C(=O)O)cc3o1)CCC2. The molecule has 25 heavy (non-hydrogen) atoms. The van der Waals surface area contributed by atoms with E-state index >= 15 is 0 Å². The molecule has 0 aliphatic heterocycles. The van der Waals surface area contributed by atoms with E-state index < -0.39 is 5.97 Å². The second-order valence-electron chi connectivity index (χ2n) is 6.55. The molecule has 0 unspecified atom stereocenters. The van der Waals surface area contributed by atoms with Crippen LogP contribution < -0.4 is 5.32 Å². The van der Waals surface area contributed by atoms with E-state index in [9.17, 15) is 4.79 Å². The van der Waals surface area contributed by atoms with E-state index in [4.69, 9.17) is 9.52 Å². The van der Waals surface area contributed by atoms with Crippen LogP contribution in [0.15, 0.2) is 28.7 Å². The maximum atomic E-state index is 11.0. The van der Waals surface area contributed by atoms with Crippen molar-refractivity contribution in [3.05, 3.63) is 52.5 Å². The number of fused-ring (bicyclic) bond motifs is 2. The Morgan fingerprint density at radius 3 is 3.08 bits per heavy atom. The molecule has 0 bridgehead atoms. The molecule has 3 aromatic rings. The number of aromatic carboxylic acids is 1. The minimum absolute atomic E-state index is 0.247. The molecular formula is C19H21N3O3. The zero-order valence-electron chi connectivity index (χ0n) is 14.2. The summed E-state index contributed by atoms with van der Waals surface area (Å²) < 4.78 is 7.76. The van der Waals surface area contributed by atoms with Crippen molar-refractivity contribution in [3.63, 3.8) is 0 Å². The van der Waals surface area contributed by atoms with Gasteiger partial charge in [0.1, 0.15) is 11.3 Å². The molecule has 0 amide bonds. The van der Waals surface area contributed by atoms with Gasteiger partial charge in [-0.15, -0.1) is 0 Å². The number of nitrogens with zero attached hydrogens (tertiary/aromatic N) is 2. The van der Waals surface area contributed by atoms with Crippen LogP contribution in [0.1, 0.15) is 39.5 Å². The topological polar surface area (TPSA) is 80.3 Å². The van der Waals surface area contributed by atoms with Crippen LogP contribution in [0, 0.1) is 0 Å². The maximum absolute atomic E-state index is 11.0. The molecule has 0 atom stereocenters. The second kappa shape index (κ2) is 6.37. The largest absolute Gasteiger partial charge is 0.478 e. The molecule has 1 aliphatic carbocycles. The van der Waals surface area contributed by atoms with Gasteiger partial charge in [-0.25, -0.2) is 4.79 Å². The van der Waals surface area contributed by atoms with Gasteiger partial charge in [0.05, 0.1) is 17.0 Å². The molecule has 0 fully saturated rings. The average molecular weight is 339 g/mol. The number of carboxylic acid groups (broad SMARTS) is 1. The van der Waals surface area contributed by atoms with Gasteiger partial charge in [-0.2, -0.15) is 5.10 Å². The Morgan fingerprint density at radius 2 is 2.24 bits per heavy atom. The van der Waals surface area contributed by atoms with Crippen molar-refractivity contribution in [1.82, 2.24) is 15.1 Å². The summed E-state index contributed by atoms with van der Waals surface area (Å²) in [4.78, 5) is 11.0. The summed E-state index contributed by atoms with van der Waals surface area (Å²) in [5.74, 6) is -0.0782. The van der Waals surface area contributed by atoms with Crippen molar-refractivity contribution >= 4 is 16.9 Å². The quantitative estimate of drug-likeness (QED) is 0.675. The van der Waals surface area contributed by atoms with E-state index in [1.165, 1.54) is 23.4 Å². The highest BCUT2D eigenvalue weighted by atomic mass is 16.4. The third-order valence-corrected chi connectivity index (χ3v) is 4.86. The zero-order chi connectivity index (χ0) is 17.4. The Bertz CT molecular complexity index is 939. The Kier molecular flexibility index (Phi) is 4.05. The van der Waals surface area contributed by atoms with Gasteiger partial charge in [0, 0.05) is 31.9 Å². The molecule has 2 aromatic heterocycles. The van der Waals surface area contributed by atoms with Crippen LogP contribution in [-0.2, 0) is 32.9 Å². The lowest BCUT2D eigenvalue weighted by atomic mass is 10.1. The van der Waals surface area contributed by atoms with E-state index in [2.05, 4.69) is 10.4 Å². The Labute approximate surface area is 145 Å². The van der Waals surface area contributed by atoms with E-state index in [1.54, 1.807) is 18.2 Å². The van der Waals surface area contributed by atoms with Gasteiger partial charge >= 0.3 is 5.97 Å². The Balaban J connectivity index is 1.37. The van der Waals surface area contributed by atoms with Crippen molar-refractivity contribution in [3.8, 4) is 0 Å². The van der Waals surface area contributed by atoms with Gasteiger partial charge in [-0.05, 0) is 43.0 Å². The van der Waals surface area contributed by atoms with Crippen molar-refractivity contribution < 1.29 is 14.3 Å². The summed E-state index contributed by atoms with van der Waals surface area (Å²) in [5, 5.41) is 18.0. The highest BCUT2D eigenvalue weighted by molar-refractivity contribution is 5.92. The number of nitrogens with one attached hydrogen (secondary N) is 1. The lowest BCUT2D eigenvalue weighted by molar-refractivity contribution is 0.0697. The van der Waals surface area contributed by atoms with E-state index in [0.717, 1.165) is 43.5 Å². The van der Waals surface area contributed by atoms with Gasteiger partial charge in [-0.3, -0.25) is 4.68 Å². The number of aryl methyl sites for hydroxylation is 2. The zero-order valence-corrected chi connectivity index (χ0v) is 14.2. The van der Waals surface area contributed by atoms with Crippen LogP contribution in [0.4, 0.5) is 0 Å². The first-order valence-corrected chi connectivity index (χ1v) is 8.62. The summed E-state index contributed by atoms with van der Waals surface area (Å²) in [6.07, 6.45) is 4.20. The molecule has 0 saturated carbocycles. The van der Waals surface area contributed by atoms with E-state index in [-0.39, 0.29) is 5.56 Å². The fraction of sp³-hybridized carbons (Fsp3) is 0.368. The monoisotopic (exact) mass is 339 g/mol. The van der Waals surface area contributed by atoms with Gasteiger partial charge in [0.15, 0.2) is 0 Å². The maximum Gasteiger partial charge on any atom is 0.335 e. The molecule has 1 aromatic carbocycles. The molecule has 130 valence electrons. The lowest BCUT2D eigenvalue weighted by Crippen LogP contribution is -2.19. The predicted molar refractivity (Wildman–Crippen MR) is 93.8 cm³/mol. The number of rotatable bonds is 6. The van der Waals surface area contributed by atoms with Crippen molar-refractivity contribution in [1.29, 1.82) is 0 Å². The summed E-state index contributed by atoms with van der Waals surface area (Å²) in [6, 6.07) is 6.95. The molecule has 2 heterocycles. The number of carboxylic acids is 1. The van der Waals surface area contributed by atoms with Crippen LogP contribution >= 0.6 is 0 Å². The Morgan fingerprint density at radius 1 is 1.36 bits per heavy atom. The van der Waals surface area contributed by atoms with Gasteiger partial charge in [-0.1, -0.05) is 6.07 Å². The van der Waals surface area contributed by atoms with E-state index in [0.29, 0.717) is 5.58 Å². The first kappa shape index (κ1) is 15.9. The molecule has 6 heteroatoms. The van der Waals surface area contributed by atoms with Gasteiger partial charge < -0.3 is 14.8 Å². The molecule has 0 radical (unpaired) electrons. The standard InChI is InChI=1S/C19H21N3O3/c1-22-17(15-3-2-4-16(15)21-22)11-20-8-7-14-9-12-5-6-13(19(23)24)10-18(12)25-14/h5-6,9-10,20H,2-4,7-8,11H2,1H3,(H,23,24). The summed E-state index contributed by atoms with van der Waals surface area (Å²) >= 11 is 0. The molecule has 0 saturated heterocycles. The fourth-order valence-electron chi connectivity index (χ4n) is 3.57. The first-order valence-electron chi connectivity index (χ1n) is 8.62. The molecule has 0 spiro atoms. The van der Waals surface area contributed by atoms with Gasteiger partial charge in [0.2, 0.25) is 0 Å². The highest BCUT2D eigenvalue weighted by Gasteiger charge is 2.20. The summed E-state index contributed by atoms with van der Waals surface area (Å²) in [5.41, 5.74) is 4.82. The predicted octanol–water partition coefficient (Wildman–Crippen LogP) is 2.69. The summed E-state index contributed by atoms with van der Waals surface area (Å²) in [7, 11) is 2.01. The van der Waals surface area contributed by atoms with Crippen LogP contribution in [0.2, 0.25) is 0 Å². The number of aromatic nitrogens is 2. The Hall–Kier alpha value is -2.60. The van der Waals surface area contributed by atoms with Crippen LogP contribution in [0.3, 0.4) is 0 Å². The number of hydrogen-bond acceptors (Lipinski definition) is 4. The van der Waals surface area contributed by atoms with Crippen molar-refractivity contribution in [2.75, 3.05) is 6.54 Å². The number of carbonyl (C=O) groups is 1. The third-order valence-electron chi connectivity index (χ3n) is 4.86. The number of hydrogen-bond donors (Lipinski definition) is 2. The van der Waals surface area contributed by atoms with Crippen LogP contribution in [0.25, 0.3) is 11.0 Å². The lowest BCUT2D eigenvalue weighted by Gasteiger charge is -2.06. The van der Waals surface area contributed by atoms with Crippen LogP contribution in [0.5, 0.6) is 0 Å². The molecule has 1 aliphatic rings. The minimum Gasteiger partial charge on any atom is -0.478 e. The minimum atomic E-state index is -0.940. The van der Waals surface area contributed by atoms with E-state index in [1.807, 2.05) is 17.8 Å². The molecule has 4 rings (SSSR count). The molecule has 6 nitrogen and oxygen atoms in total. The summed E-state index contributed by atoms with van der Waals surface area (Å²) in [6.45, 7) is 1.60. The average Bonchev–Trinajstić information content (AvgIpc) is 3.25. The number of furan rings is 1. The normalized spacial score (nSPS) is 13.5. The molecule has 2 N–H and O–H groups in total.